The molecule has 0 saturated heterocycles. The van der Waals surface area contributed by atoms with Gasteiger partial charge in [0.2, 0.25) is 0 Å². The molecule has 4 heteroatoms. The number of fused-ring (bicyclic) bond motifs is 1. The molecule has 0 unspecified atom stereocenters. The Morgan fingerprint density at radius 2 is 1.78 bits per heavy atom. The van der Waals surface area contributed by atoms with E-state index in [9.17, 15) is 0 Å². The predicted molar refractivity (Wildman–Crippen MR) is 110 cm³/mol. The van der Waals surface area contributed by atoms with Crippen molar-refractivity contribution < 1.29 is 0 Å². The number of pyridine rings is 1. The van der Waals surface area contributed by atoms with Gasteiger partial charge in [-0.1, -0.05) is 49.1 Å². The minimum Gasteiger partial charge on any atom is -0.346 e. The molecule has 0 spiro atoms. The maximum absolute atomic E-state index is 4.89. The molecule has 0 bridgehead atoms. The summed E-state index contributed by atoms with van der Waals surface area (Å²) in [5, 5.41) is 1.16. The fourth-order valence-corrected chi connectivity index (χ4v) is 4.35. The van der Waals surface area contributed by atoms with Crippen LogP contribution in [0.2, 0.25) is 0 Å². The van der Waals surface area contributed by atoms with Crippen molar-refractivity contribution >= 4 is 11.0 Å². The number of hydrogen-bond donors (Lipinski definition) is 1. The first kappa shape index (κ1) is 16.3. The molecule has 3 aromatic heterocycles. The summed E-state index contributed by atoms with van der Waals surface area (Å²) in [5.41, 5.74) is 6.86. The van der Waals surface area contributed by atoms with Gasteiger partial charge in [0.1, 0.15) is 5.65 Å². The Balaban J connectivity index is 1.74. The number of benzene rings is 1. The molecule has 27 heavy (non-hydrogen) atoms. The Labute approximate surface area is 159 Å². The van der Waals surface area contributed by atoms with Crippen LogP contribution in [0.15, 0.2) is 55.1 Å². The summed E-state index contributed by atoms with van der Waals surface area (Å²) in [6, 6.07) is 13.5. The van der Waals surface area contributed by atoms with Gasteiger partial charge in [0, 0.05) is 34.9 Å². The van der Waals surface area contributed by atoms with E-state index in [0.717, 1.165) is 16.7 Å². The summed E-state index contributed by atoms with van der Waals surface area (Å²) in [7, 11) is 0. The Kier molecular flexibility index (Phi) is 4.04. The summed E-state index contributed by atoms with van der Waals surface area (Å²) in [6.45, 7) is 2.12. The Morgan fingerprint density at radius 1 is 0.963 bits per heavy atom. The van der Waals surface area contributed by atoms with E-state index in [1.807, 2.05) is 12.4 Å². The summed E-state index contributed by atoms with van der Waals surface area (Å²) in [4.78, 5) is 12.6. The molecule has 4 aromatic rings. The van der Waals surface area contributed by atoms with Gasteiger partial charge in [0.15, 0.2) is 0 Å². The number of nitrogens with one attached hydrogen (secondary N) is 1. The molecule has 136 valence electrons. The number of H-pyrrole nitrogens is 1. The molecular weight excluding hydrogens is 332 g/mol. The van der Waals surface area contributed by atoms with E-state index < -0.39 is 0 Å². The van der Waals surface area contributed by atoms with Crippen molar-refractivity contribution in [3.63, 3.8) is 0 Å². The minimum absolute atomic E-state index is 0.530. The highest BCUT2D eigenvalue weighted by Crippen LogP contribution is 2.39. The average molecular weight is 356 g/mol. The predicted octanol–water partition coefficient (Wildman–Crippen LogP) is 5.91. The molecule has 4 nitrogen and oxygen atoms in total. The van der Waals surface area contributed by atoms with Crippen LogP contribution in [-0.4, -0.2) is 19.5 Å². The van der Waals surface area contributed by atoms with Gasteiger partial charge in [-0.25, -0.2) is 9.97 Å². The van der Waals surface area contributed by atoms with Crippen LogP contribution in [0.1, 0.15) is 43.7 Å². The highest BCUT2D eigenvalue weighted by atomic mass is 15.1. The fraction of sp³-hybridized carbons (Fsp3) is 0.304. The molecule has 1 aliphatic rings. The average Bonchev–Trinajstić information content (AvgIpc) is 3.36. The van der Waals surface area contributed by atoms with Gasteiger partial charge >= 0.3 is 0 Å². The first-order chi connectivity index (χ1) is 13.3. The Morgan fingerprint density at radius 3 is 2.59 bits per heavy atom. The van der Waals surface area contributed by atoms with Crippen molar-refractivity contribution in [2.45, 2.75) is 45.1 Å². The SMILES string of the molecule is Cc1ccc(-c2ncn(C3CCCCC3)c2-c2ccnc3[nH]ccc23)cc1. The zero-order chi connectivity index (χ0) is 18.2. The third-order valence-electron chi connectivity index (χ3n) is 5.80. The smallest absolute Gasteiger partial charge is 0.137 e. The molecular formula is C23H24N4. The van der Waals surface area contributed by atoms with Crippen molar-refractivity contribution in [2.24, 2.45) is 0 Å². The number of rotatable bonds is 3. The second-order valence-corrected chi connectivity index (χ2v) is 7.61. The summed E-state index contributed by atoms with van der Waals surface area (Å²) in [6.07, 6.45) is 12.3. The van der Waals surface area contributed by atoms with Crippen LogP contribution in [-0.2, 0) is 0 Å². The van der Waals surface area contributed by atoms with Crippen LogP contribution >= 0.6 is 0 Å². The monoisotopic (exact) mass is 356 g/mol. The van der Waals surface area contributed by atoms with E-state index >= 15 is 0 Å². The lowest BCUT2D eigenvalue weighted by molar-refractivity contribution is 0.355. The lowest BCUT2D eigenvalue weighted by Crippen LogP contribution is -2.13. The van der Waals surface area contributed by atoms with E-state index in [2.05, 4.69) is 64.2 Å². The van der Waals surface area contributed by atoms with E-state index in [-0.39, 0.29) is 0 Å². The molecule has 0 radical (unpaired) electrons. The van der Waals surface area contributed by atoms with E-state index in [0.29, 0.717) is 6.04 Å². The van der Waals surface area contributed by atoms with Gasteiger partial charge in [-0.15, -0.1) is 0 Å². The van der Waals surface area contributed by atoms with E-state index in [1.54, 1.807) is 0 Å². The third kappa shape index (κ3) is 2.85. The largest absolute Gasteiger partial charge is 0.346 e. The van der Waals surface area contributed by atoms with Crippen LogP contribution < -0.4 is 0 Å². The molecule has 0 aliphatic heterocycles. The quantitative estimate of drug-likeness (QED) is 0.496. The number of imidazole rings is 1. The zero-order valence-corrected chi connectivity index (χ0v) is 15.7. The maximum Gasteiger partial charge on any atom is 0.137 e. The number of nitrogens with zero attached hydrogens (tertiary/aromatic N) is 3. The molecule has 1 saturated carbocycles. The van der Waals surface area contributed by atoms with Gasteiger partial charge in [-0.2, -0.15) is 0 Å². The highest BCUT2D eigenvalue weighted by Gasteiger charge is 2.23. The topological polar surface area (TPSA) is 46.5 Å². The second kappa shape index (κ2) is 6.69. The number of aromatic amines is 1. The van der Waals surface area contributed by atoms with Crippen LogP contribution in [0, 0.1) is 6.92 Å². The van der Waals surface area contributed by atoms with Crippen molar-refractivity contribution in [3.8, 4) is 22.5 Å². The van der Waals surface area contributed by atoms with Gasteiger partial charge in [-0.3, -0.25) is 0 Å². The van der Waals surface area contributed by atoms with Crippen molar-refractivity contribution in [1.29, 1.82) is 0 Å². The second-order valence-electron chi connectivity index (χ2n) is 7.61. The lowest BCUT2D eigenvalue weighted by atomic mass is 9.94. The number of aromatic nitrogens is 4. The van der Waals surface area contributed by atoms with E-state index in [1.165, 1.54) is 54.5 Å². The number of aryl methyl sites for hydroxylation is 1. The van der Waals surface area contributed by atoms with Gasteiger partial charge in [0.25, 0.3) is 0 Å². The Bertz CT molecular complexity index is 1070. The minimum atomic E-state index is 0.530. The zero-order valence-electron chi connectivity index (χ0n) is 15.7. The van der Waals surface area contributed by atoms with Gasteiger partial charge in [0.05, 0.1) is 17.7 Å². The number of hydrogen-bond acceptors (Lipinski definition) is 2. The molecule has 3 heterocycles. The summed E-state index contributed by atoms with van der Waals surface area (Å²) < 4.78 is 2.43. The lowest BCUT2D eigenvalue weighted by Gasteiger charge is -2.25. The molecule has 0 amide bonds. The molecule has 1 N–H and O–H groups in total. The molecule has 5 rings (SSSR count). The summed E-state index contributed by atoms with van der Waals surface area (Å²) in [5.74, 6) is 0. The highest BCUT2D eigenvalue weighted by molar-refractivity contribution is 5.95. The van der Waals surface area contributed by atoms with Crippen LogP contribution in [0.4, 0.5) is 0 Å². The van der Waals surface area contributed by atoms with Crippen LogP contribution in [0.25, 0.3) is 33.5 Å². The third-order valence-corrected chi connectivity index (χ3v) is 5.80. The molecule has 1 aliphatic carbocycles. The van der Waals surface area contributed by atoms with Crippen molar-refractivity contribution in [2.75, 3.05) is 0 Å². The van der Waals surface area contributed by atoms with Gasteiger partial charge in [-0.05, 0) is 31.9 Å². The van der Waals surface area contributed by atoms with Crippen molar-refractivity contribution in [3.05, 3.63) is 60.7 Å². The first-order valence-electron chi connectivity index (χ1n) is 9.87. The molecule has 1 fully saturated rings. The van der Waals surface area contributed by atoms with Crippen LogP contribution in [0.5, 0.6) is 0 Å². The summed E-state index contributed by atoms with van der Waals surface area (Å²) >= 11 is 0. The maximum atomic E-state index is 4.89. The van der Waals surface area contributed by atoms with Crippen molar-refractivity contribution in [1.82, 2.24) is 19.5 Å². The molecule has 1 aromatic carbocycles. The first-order valence-corrected chi connectivity index (χ1v) is 9.87. The molecule has 0 atom stereocenters. The van der Waals surface area contributed by atoms with E-state index in [4.69, 9.17) is 4.98 Å². The fourth-order valence-electron chi connectivity index (χ4n) is 4.35. The van der Waals surface area contributed by atoms with Crippen LogP contribution in [0.3, 0.4) is 0 Å². The van der Waals surface area contributed by atoms with Gasteiger partial charge < -0.3 is 9.55 Å². The normalized spacial score (nSPS) is 15.4. The standard InChI is InChI=1S/C23H24N4/c1-16-7-9-17(10-8-16)21-22(19-11-13-24-23-20(19)12-14-25-23)27(15-26-21)18-5-3-2-4-6-18/h7-15,18H,2-6H2,1H3,(H,24,25). The Hall–Kier alpha value is -2.88.